The number of carbonyl (C=O) groups is 1. The first-order valence-corrected chi connectivity index (χ1v) is 4.05. The van der Waals surface area contributed by atoms with Gasteiger partial charge in [0.25, 0.3) is 0 Å². The number of hydrogen-bond donors (Lipinski definition) is 1. The quantitative estimate of drug-likeness (QED) is 0.618. The van der Waals surface area contributed by atoms with Crippen LogP contribution in [0, 0.1) is 5.92 Å². The van der Waals surface area contributed by atoms with Gasteiger partial charge in [-0.15, -0.1) is 0 Å². The first kappa shape index (κ1) is 8.47. The molecule has 1 atom stereocenters. The monoisotopic (exact) mass is 153 g/mol. The summed E-state index contributed by atoms with van der Waals surface area (Å²) < 4.78 is 0. The van der Waals surface area contributed by atoms with Gasteiger partial charge in [0.15, 0.2) is 5.78 Å². The van der Waals surface area contributed by atoms with E-state index in [1.807, 2.05) is 0 Å². The second-order valence-electron chi connectivity index (χ2n) is 3.41. The molecule has 1 fully saturated rings. The van der Waals surface area contributed by atoms with Crippen molar-refractivity contribution in [1.29, 1.82) is 0 Å². The lowest BCUT2D eigenvalue weighted by molar-refractivity contribution is -0.115. The van der Waals surface area contributed by atoms with E-state index in [0.29, 0.717) is 17.9 Å². The first-order chi connectivity index (χ1) is 5.11. The van der Waals surface area contributed by atoms with Crippen LogP contribution in [0.3, 0.4) is 0 Å². The summed E-state index contributed by atoms with van der Waals surface area (Å²) in [5.74, 6) is 0.725. The molecule has 0 amide bonds. The van der Waals surface area contributed by atoms with E-state index in [4.69, 9.17) is 5.73 Å². The van der Waals surface area contributed by atoms with Crippen molar-refractivity contribution in [3.63, 3.8) is 0 Å². The molecule has 1 aliphatic carbocycles. The third-order valence-corrected chi connectivity index (χ3v) is 2.12. The molecular weight excluding hydrogens is 138 g/mol. The van der Waals surface area contributed by atoms with Crippen LogP contribution in [0.15, 0.2) is 12.2 Å². The van der Waals surface area contributed by atoms with Gasteiger partial charge in [0.05, 0.1) is 0 Å². The summed E-state index contributed by atoms with van der Waals surface area (Å²) in [6, 6.07) is 0.0826. The van der Waals surface area contributed by atoms with Crippen molar-refractivity contribution >= 4 is 5.78 Å². The normalized spacial score (nSPS) is 19.5. The fourth-order valence-corrected chi connectivity index (χ4v) is 1.08. The van der Waals surface area contributed by atoms with Crippen LogP contribution in [0.1, 0.15) is 26.2 Å². The van der Waals surface area contributed by atoms with Gasteiger partial charge in [0.1, 0.15) is 0 Å². The van der Waals surface area contributed by atoms with Gasteiger partial charge in [0, 0.05) is 12.5 Å². The molecule has 0 bridgehead atoms. The van der Waals surface area contributed by atoms with Crippen molar-refractivity contribution < 1.29 is 4.79 Å². The lowest BCUT2D eigenvalue weighted by Crippen LogP contribution is -2.26. The number of ketones is 1. The first-order valence-electron chi connectivity index (χ1n) is 4.05. The van der Waals surface area contributed by atoms with Crippen molar-refractivity contribution in [2.24, 2.45) is 11.7 Å². The molecule has 1 saturated carbocycles. The molecule has 62 valence electrons. The van der Waals surface area contributed by atoms with Crippen LogP contribution < -0.4 is 5.73 Å². The van der Waals surface area contributed by atoms with Crippen LogP contribution in [0.4, 0.5) is 0 Å². The highest BCUT2D eigenvalue weighted by atomic mass is 16.1. The fourth-order valence-electron chi connectivity index (χ4n) is 1.08. The molecule has 1 aliphatic rings. The third kappa shape index (κ3) is 2.46. The van der Waals surface area contributed by atoms with E-state index in [1.165, 1.54) is 12.8 Å². The second kappa shape index (κ2) is 3.18. The molecule has 0 heterocycles. The Hall–Kier alpha value is -0.630. The maximum atomic E-state index is 11.1. The van der Waals surface area contributed by atoms with E-state index in [1.54, 1.807) is 6.92 Å². The fraction of sp³-hybridized carbons (Fsp3) is 0.667. The predicted octanol–water partition coefficient (Wildman–Crippen LogP) is 1.26. The molecule has 1 rings (SSSR count). The minimum Gasteiger partial charge on any atom is -0.327 e. The summed E-state index contributed by atoms with van der Waals surface area (Å²) in [4.78, 5) is 11.1. The van der Waals surface area contributed by atoms with Gasteiger partial charge in [-0.2, -0.15) is 0 Å². The molecule has 0 saturated heterocycles. The minimum absolute atomic E-state index is 0.0826. The van der Waals surface area contributed by atoms with E-state index < -0.39 is 0 Å². The zero-order valence-electron chi connectivity index (χ0n) is 6.97. The summed E-state index contributed by atoms with van der Waals surface area (Å²) in [5.41, 5.74) is 6.38. The molecular formula is C9H15NO. The van der Waals surface area contributed by atoms with Gasteiger partial charge in [-0.05, 0) is 31.3 Å². The van der Waals surface area contributed by atoms with Gasteiger partial charge in [-0.3, -0.25) is 4.79 Å². The standard InChI is InChI=1S/C9H15NO/c1-6(2)9(11)5-8(10)7-3-4-7/h7-8H,1,3-5,10H2,2H3. The largest absolute Gasteiger partial charge is 0.327 e. The summed E-state index contributed by atoms with van der Waals surface area (Å²) in [5, 5.41) is 0. The summed E-state index contributed by atoms with van der Waals surface area (Å²) in [6.45, 7) is 5.32. The number of Topliss-reactive ketones (excluding diaryl/α,β-unsaturated/α-hetero) is 1. The number of hydrogen-bond acceptors (Lipinski definition) is 2. The Balaban J connectivity index is 2.28. The van der Waals surface area contributed by atoms with Crippen LogP contribution in [0.2, 0.25) is 0 Å². The number of nitrogens with two attached hydrogens (primary N) is 1. The Morgan fingerprint density at radius 3 is 2.64 bits per heavy atom. The molecule has 0 spiro atoms. The molecule has 0 aromatic carbocycles. The molecule has 2 heteroatoms. The third-order valence-electron chi connectivity index (χ3n) is 2.12. The van der Waals surface area contributed by atoms with E-state index in [0.717, 1.165) is 0 Å². The lowest BCUT2D eigenvalue weighted by atomic mass is 10.0. The second-order valence-corrected chi connectivity index (χ2v) is 3.41. The highest BCUT2D eigenvalue weighted by Gasteiger charge is 2.29. The van der Waals surface area contributed by atoms with E-state index in [-0.39, 0.29) is 11.8 Å². The van der Waals surface area contributed by atoms with Crippen molar-refractivity contribution in [3.8, 4) is 0 Å². The van der Waals surface area contributed by atoms with Gasteiger partial charge < -0.3 is 5.73 Å². The van der Waals surface area contributed by atoms with Crippen molar-refractivity contribution in [2.45, 2.75) is 32.2 Å². The molecule has 0 aliphatic heterocycles. The van der Waals surface area contributed by atoms with Crippen LogP contribution in [0.5, 0.6) is 0 Å². The molecule has 11 heavy (non-hydrogen) atoms. The van der Waals surface area contributed by atoms with E-state index in [9.17, 15) is 4.79 Å². The highest BCUT2D eigenvalue weighted by Crippen LogP contribution is 2.33. The Kier molecular flexibility index (Phi) is 2.45. The minimum atomic E-state index is 0.0826. The molecule has 2 N–H and O–H groups in total. The Morgan fingerprint density at radius 2 is 2.27 bits per heavy atom. The molecule has 1 unspecified atom stereocenters. The summed E-state index contributed by atoms with van der Waals surface area (Å²) in [6.07, 6.45) is 2.88. The van der Waals surface area contributed by atoms with Crippen molar-refractivity contribution in [3.05, 3.63) is 12.2 Å². The Morgan fingerprint density at radius 1 is 1.73 bits per heavy atom. The van der Waals surface area contributed by atoms with Gasteiger partial charge in [-0.25, -0.2) is 0 Å². The SMILES string of the molecule is C=C(C)C(=O)CC(N)C1CC1. The Bertz CT molecular complexity index is 182. The smallest absolute Gasteiger partial charge is 0.159 e. The number of allylic oxidation sites excluding steroid dienone is 1. The van der Waals surface area contributed by atoms with Crippen LogP contribution in [0.25, 0.3) is 0 Å². The average Bonchev–Trinajstić information content (AvgIpc) is 2.67. The van der Waals surface area contributed by atoms with Crippen molar-refractivity contribution in [1.82, 2.24) is 0 Å². The maximum absolute atomic E-state index is 11.1. The maximum Gasteiger partial charge on any atom is 0.159 e. The van der Waals surface area contributed by atoms with E-state index in [2.05, 4.69) is 6.58 Å². The number of carbonyl (C=O) groups excluding carboxylic acids is 1. The van der Waals surface area contributed by atoms with Gasteiger partial charge in [0.2, 0.25) is 0 Å². The molecule has 0 aromatic heterocycles. The van der Waals surface area contributed by atoms with Crippen LogP contribution in [-0.2, 0) is 4.79 Å². The lowest BCUT2D eigenvalue weighted by Gasteiger charge is -2.07. The van der Waals surface area contributed by atoms with E-state index >= 15 is 0 Å². The molecule has 0 radical (unpaired) electrons. The molecule has 0 aromatic rings. The summed E-state index contributed by atoms with van der Waals surface area (Å²) in [7, 11) is 0. The topological polar surface area (TPSA) is 43.1 Å². The van der Waals surface area contributed by atoms with Crippen LogP contribution >= 0.6 is 0 Å². The highest BCUT2D eigenvalue weighted by molar-refractivity contribution is 5.94. The average molecular weight is 153 g/mol. The predicted molar refractivity (Wildman–Crippen MR) is 45.1 cm³/mol. The number of rotatable bonds is 4. The Labute approximate surface area is 67.5 Å². The van der Waals surface area contributed by atoms with Crippen LogP contribution in [-0.4, -0.2) is 11.8 Å². The zero-order chi connectivity index (χ0) is 8.43. The van der Waals surface area contributed by atoms with Gasteiger partial charge >= 0.3 is 0 Å². The molecule has 2 nitrogen and oxygen atoms in total. The summed E-state index contributed by atoms with van der Waals surface area (Å²) >= 11 is 0. The van der Waals surface area contributed by atoms with Gasteiger partial charge in [-0.1, -0.05) is 6.58 Å². The zero-order valence-corrected chi connectivity index (χ0v) is 6.97. The van der Waals surface area contributed by atoms with Crippen molar-refractivity contribution in [2.75, 3.05) is 0 Å².